The van der Waals surface area contributed by atoms with Crippen LogP contribution in [0.2, 0.25) is 0 Å². The third-order valence-corrected chi connectivity index (χ3v) is 4.78. The second kappa shape index (κ2) is 5.80. The quantitative estimate of drug-likeness (QED) is 0.814. The maximum Gasteiger partial charge on any atom is 0.310 e. The largest absolute Gasteiger partial charge is 0.481 e. The summed E-state index contributed by atoms with van der Waals surface area (Å²) in [5.41, 5.74) is 0.564. The topological polar surface area (TPSA) is 86.7 Å². The molecule has 1 aromatic carbocycles. The zero-order chi connectivity index (χ0) is 14.8. The summed E-state index contributed by atoms with van der Waals surface area (Å²) in [5.74, 6) is -1.26. The number of hydrogen-bond donors (Lipinski definition) is 2. The standard InChI is InChI=1S/C13H18N2O4S/c1-2-7-14-20(18,19)12-6-4-3-5-11(12)15-8-10(9-15)13(16)17/h3-6,10,14H,2,7-9H2,1H3,(H,16,17). The molecule has 1 aliphatic rings. The molecule has 1 heterocycles. The molecule has 0 atom stereocenters. The van der Waals surface area contributed by atoms with Crippen molar-refractivity contribution in [3.63, 3.8) is 0 Å². The van der Waals surface area contributed by atoms with E-state index >= 15 is 0 Å². The fraction of sp³-hybridized carbons (Fsp3) is 0.462. The van der Waals surface area contributed by atoms with Gasteiger partial charge in [0.05, 0.1) is 11.6 Å². The number of rotatable bonds is 6. The van der Waals surface area contributed by atoms with Crippen LogP contribution in [0.1, 0.15) is 13.3 Å². The third kappa shape index (κ3) is 2.94. The van der Waals surface area contributed by atoms with Crippen LogP contribution in [0, 0.1) is 5.92 Å². The molecule has 0 amide bonds. The van der Waals surface area contributed by atoms with Crippen molar-refractivity contribution in [3.05, 3.63) is 24.3 Å². The second-order valence-electron chi connectivity index (χ2n) is 4.81. The molecule has 0 spiro atoms. The molecule has 6 nitrogen and oxygen atoms in total. The van der Waals surface area contributed by atoms with Gasteiger partial charge in [-0.3, -0.25) is 4.79 Å². The number of carboxylic acid groups (broad SMARTS) is 1. The molecule has 0 aromatic heterocycles. The van der Waals surface area contributed by atoms with Gasteiger partial charge in [-0.15, -0.1) is 0 Å². The molecule has 1 aromatic rings. The lowest BCUT2D eigenvalue weighted by molar-refractivity contribution is -0.142. The van der Waals surface area contributed by atoms with Gasteiger partial charge in [0, 0.05) is 19.6 Å². The lowest BCUT2D eigenvalue weighted by Gasteiger charge is -2.39. The smallest absolute Gasteiger partial charge is 0.310 e. The van der Waals surface area contributed by atoms with Crippen LogP contribution in [0.5, 0.6) is 0 Å². The van der Waals surface area contributed by atoms with Gasteiger partial charge in [-0.05, 0) is 18.6 Å². The van der Waals surface area contributed by atoms with E-state index in [9.17, 15) is 13.2 Å². The highest BCUT2D eigenvalue weighted by molar-refractivity contribution is 7.89. The summed E-state index contributed by atoms with van der Waals surface area (Å²) in [6.07, 6.45) is 0.714. The molecule has 1 aliphatic heterocycles. The number of nitrogens with one attached hydrogen (secondary N) is 1. The zero-order valence-corrected chi connectivity index (χ0v) is 12.1. The van der Waals surface area contributed by atoms with Crippen LogP contribution in [-0.4, -0.2) is 39.1 Å². The average Bonchev–Trinajstić information content (AvgIpc) is 2.35. The number of anilines is 1. The molecule has 2 N–H and O–H groups in total. The molecule has 0 bridgehead atoms. The van der Waals surface area contributed by atoms with Crippen molar-refractivity contribution in [2.45, 2.75) is 18.2 Å². The Hall–Kier alpha value is -1.60. The Morgan fingerprint density at radius 1 is 1.40 bits per heavy atom. The van der Waals surface area contributed by atoms with Gasteiger partial charge in [0.15, 0.2) is 0 Å². The minimum Gasteiger partial charge on any atom is -0.481 e. The fourth-order valence-electron chi connectivity index (χ4n) is 2.09. The molecule has 2 rings (SSSR count). The van der Waals surface area contributed by atoms with Gasteiger partial charge < -0.3 is 10.0 Å². The maximum atomic E-state index is 12.2. The first-order valence-electron chi connectivity index (χ1n) is 6.52. The Bertz CT molecular complexity index is 594. The van der Waals surface area contributed by atoms with E-state index < -0.39 is 21.9 Å². The Morgan fingerprint density at radius 3 is 2.65 bits per heavy atom. The Balaban J connectivity index is 2.22. The number of hydrogen-bond acceptors (Lipinski definition) is 4. The van der Waals surface area contributed by atoms with E-state index in [1.54, 1.807) is 29.2 Å². The van der Waals surface area contributed by atoms with Gasteiger partial charge in [-0.2, -0.15) is 0 Å². The van der Waals surface area contributed by atoms with E-state index in [0.717, 1.165) is 0 Å². The van der Waals surface area contributed by atoms with Crippen molar-refractivity contribution in [1.82, 2.24) is 4.72 Å². The molecule has 20 heavy (non-hydrogen) atoms. The van der Waals surface area contributed by atoms with Crippen LogP contribution < -0.4 is 9.62 Å². The fourth-order valence-corrected chi connectivity index (χ4v) is 3.45. The van der Waals surface area contributed by atoms with Crippen molar-refractivity contribution >= 4 is 21.7 Å². The Kier molecular flexibility index (Phi) is 4.29. The number of benzene rings is 1. The summed E-state index contributed by atoms with van der Waals surface area (Å²) in [4.78, 5) is 12.8. The lowest BCUT2D eigenvalue weighted by Crippen LogP contribution is -2.51. The van der Waals surface area contributed by atoms with Crippen LogP contribution in [0.15, 0.2) is 29.2 Å². The van der Waals surface area contributed by atoms with Gasteiger partial charge in [0.2, 0.25) is 10.0 Å². The minimum absolute atomic E-state index is 0.206. The molecule has 0 saturated carbocycles. The second-order valence-corrected chi connectivity index (χ2v) is 6.54. The van der Waals surface area contributed by atoms with E-state index in [1.807, 2.05) is 6.92 Å². The summed E-state index contributed by atoms with van der Waals surface area (Å²) in [5, 5.41) is 8.89. The van der Waals surface area contributed by atoms with Crippen molar-refractivity contribution in [2.75, 3.05) is 24.5 Å². The number of nitrogens with zero attached hydrogens (tertiary/aromatic N) is 1. The van der Waals surface area contributed by atoms with Gasteiger partial charge in [0.1, 0.15) is 4.90 Å². The third-order valence-electron chi connectivity index (χ3n) is 3.27. The summed E-state index contributed by atoms with van der Waals surface area (Å²) >= 11 is 0. The summed E-state index contributed by atoms with van der Waals surface area (Å²) in [6, 6.07) is 6.67. The molecule has 0 radical (unpaired) electrons. The van der Waals surface area contributed by atoms with Crippen molar-refractivity contribution in [3.8, 4) is 0 Å². The highest BCUT2D eigenvalue weighted by Crippen LogP contribution is 2.30. The SMILES string of the molecule is CCCNS(=O)(=O)c1ccccc1N1CC(C(=O)O)C1. The summed E-state index contributed by atoms with van der Waals surface area (Å²) in [7, 11) is -3.55. The Labute approximate surface area is 118 Å². The summed E-state index contributed by atoms with van der Waals surface area (Å²) in [6.45, 7) is 2.96. The first-order chi connectivity index (χ1) is 9.45. The van der Waals surface area contributed by atoms with Crippen molar-refractivity contribution in [2.24, 2.45) is 5.92 Å². The Morgan fingerprint density at radius 2 is 2.05 bits per heavy atom. The van der Waals surface area contributed by atoms with Crippen molar-refractivity contribution in [1.29, 1.82) is 0 Å². The molecule has 1 fully saturated rings. The van der Waals surface area contributed by atoms with E-state index in [1.165, 1.54) is 0 Å². The molecular formula is C13H18N2O4S. The predicted molar refractivity (Wildman–Crippen MR) is 75.3 cm³/mol. The van der Waals surface area contributed by atoms with Gasteiger partial charge >= 0.3 is 5.97 Å². The monoisotopic (exact) mass is 298 g/mol. The number of aliphatic carboxylic acids is 1. The first kappa shape index (κ1) is 14.8. The average molecular weight is 298 g/mol. The van der Waals surface area contributed by atoms with Crippen LogP contribution in [0.3, 0.4) is 0 Å². The molecule has 0 aliphatic carbocycles. The van der Waals surface area contributed by atoms with E-state index in [0.29, 0.717) is 31.7 Å². The van der Waals surface area contributed by atoms with Crippen LogP contribution >= 0.6 is 0 Å². The zero-order valence-electron chi connectivity index (χ0n) is 11.2. The number of para-hydroxylation sites is 1. The van der Waals surface area contributed by atoms with Crippen LogP contribution in [0.25, 0.3) is 0 Å². The summed E-state index contributed by atoms with van der Waals surface area (Å²) < 4.78 is 27.0. The normalized spacial score (nSPS) is 15.9. The van der Waals surface area contributed by atoms with Gasteiger partial charge in [-0.1, -0.05) is 19.1 Å². The van der Waals surface area contributed by atoms with E-state index in [-0.39, 0.29) is 4.90 Å². The molecule has 0 unspecified atom stereocenters. The van der Waals surface area contributed by atoms with Gasteiger partial charge in [-0.25, -0.2) is 13.1 Å². The molecule has 1 saturated heterocycles. The molecule has 110 valence electrons. The minimum atomic E-state index is -3.55. The number of carboxylic acids is 1. The highest BCUT2D eigenvalue weighted by atomic mass is 32.2. The maximum absolute atomic E-state index is 12.2. The van der Waals surface area contributed by atoms with E-state index in [4.69, 9.17) is 5.11 Å². The highest BCUT2D eigenvalue weighted by Gasteiger charge is 2.35. The van der Waals surface area contributed by atoms with Crippen LogP contribution in [-0.2, 0) is 14.8 Å². The van der Waals surface area contributed by atoms with Crippen LogP contribution in [0.4, 0.5) is 5.69 Å². The molecular weight excluding hydrogens is 280 g/mol. The van der Waals surface area contributed by atoms with Gasteiger partial charge in [0.25, 0.3) is 0 Å². The van der Waals surface area contributed by atoms with Crippen molar-refractivity contribution < 1.29 is 18.3 Å². The van der Waals surface area contributed by atoms with E-state index in [2.05, 4.69) is 4.72 Å². The predicted octanol–water partition coefficient (Wildman–Crippen LogP) is 0.896. The number of carbonyl (C=O) groups is 1. The number of sulfonamides is 1. The molecule has 7 heteroatoms. The first-order valence-corrected chi connectivity index (χ1v) is 8.00. The lowest BCUT2D eigenvalue weighted by atomic mass is 10.00.